The van der Waals surface area contributed by atoms with Gasteiger partial charge in [0.25, 0.3) is 0 Å². The molecule has 4 aliphatic rings. The Hall–Kier alpha value is -3.75. The Balaban J connectivity index is 1.64. The van der Waals surface area contributed by atoms with Crippen LogP contribution in [0.5, 0.6) is 5.75 Å². The Morgan fingerprint density at radius 2 is 1.65 bits per heavy atom. The number of carbonyl (C=O) groups excluding carboxylic acids is 3. The molecule has 0 bridgehead atoms. The number of rotatable bonds is 3. The minimum atomic E-state index is -2.90. The van der Waals surface area contributed by atoms with Gasteiger partial charge in [0.15, 0.2) is 17.2 Å². The van der Waals surface area contributed by atoms with Crippen LogP contribution in [0.1, 0.15) is 76.1 Å². The molecule has 2 aromatic carbocycles. The van der Waals surface area contributed by atoms with Gasteiger partial charge in [-0.15, -0.1) is 0 Å². The minimum absolute atomic E-state index is 0.00767. The predicted octanol–water partition coefficient (Wildman–Crippen LogP) is 4.88. The van der Waals surface area contributed by atoms with Gasteiger partial charge >= 0.3 is 0 Å². The van der Waals surface area contributed by atoms with Crippen molar-refractivity contribution in [2.24, 2.45) is 22.7 Å². The number of benzene rings is 2. The number of aromatic hydroxyl groups is 1. The molecule has 6 rings (SSSR count). The maximum absolute atomic E-state index is 14.6. The Morgan fingerprint density at radius 1 is 1.00 bits per heavy atom. The summed E-state index contributed by atoms with van der Waals surface area (Å²) in [6.07, 6.45) is 1.34. The summed E-state index contributed by atoms with van der Waals surface area (Å²) in [5.41, 5.74) is -3.31. The fourth-order valence-electron chi connectivity index (χ4n) is 8.90. The second-order valence-electron chi connectivity index (χ2n) is 13.6. The van der Waals surface area contributed by atoms with Crippen LogP contribution in [0.3, 0.4) is 0 Å². The normalized spacial score (nSPS) is 33.4. The van der Waals surface area contributed by atoms with Crippen molar-refractivity contribution < 1.29 is 39.9 Å². The summed E-state index contributed by atoms with van der Waals surface area (Å²) >= 11 is 0. The molecule has 1 saturated carbocycles. The van der Waals surface area contributed by atoms with E-state index in [9.17, 15) is 39.9 Å². The molecule has 226 valence electrons. The standard InChI is InChI=1S/C35H38O8/c1-15(2)25-28(38)23(17(4)36)30(40)35(43)31(41)26-29(39)24-21(16(3)33(26,5)32(42)34(25,35)6)12-13-22(27(24)37)20-11-10-18-8-7-9-19(18)14-20/h10-16,25,32,37,39-40,42-43H,7-9H2,1-6H3/t16-,25?,32-,33+,34+,35+/m1/s1. The molecule has 2 aromatic rings. The molecule has 0 amide bonds. The first kappa shape index (κ1) is 29.3. The van der Waals surface area contributed by atoms with Gasteiger partial charge in [-0.2, -0.15) is 0 Å². The molecule has 0 saturated heterocycles. The smallest absolute Gasteiger partial charge is 0.203 e. The lowest BCUT2D eigenvalue weighted by Crippen LogP contribution is -2.75. The van der Waals surface area contributed by atoms with Crippen LogP contribution in [0.25, 0.3) is 16.9 Å². The number of aliphatic hydroxyl groups is 4. The zero-order valence-corrected chi connectivity index (χ0v) is 25.3. The van der Waals surface area contributed by atoms with Gasteiger partial charge in [0, 0.05) is 22.3 Å². The van der Waals surface area contributed by atoms with Gasteiger partial charge in [-0.3, -0.25) is 14.4 Å². The quantitative estimate of drug-likeness (QED) is 0.319. The number of phenols is 1. The molecule has 1 fully saturated rings. The summed E-state index contributed by atoms with van der Waals surface area (Å²) < 4.78 is 0. The van der Waals surface area contributed by atoms with Crippen LogP contribution in [0, 0.1) is 22.7 Å². The van der Waals surface area contributed by atoms with Crippen LogP contribution in [0.15, 0.2) is 47.2 Å². The molecule has 0 radical (unpaired) electrons. The second kappa shape index (κ2) is 9.13. The molecule has 8 heteroatoms. The van der Waals surface area contributed by atoms with Crippen molar-refractivity contribution in [1.29, 1.82) is 0 Å². The molecular weight excluding hydrogens is 548 g/mol. The number of phenolic OH excluding ortho intramolecular Hbond substituents is 1. The van der Waals surface area contributed by atoms with Crippen molar-refractivity contribution in [3.05, 3.63) is 69.5 Å². The fraction of sp³-hybridized carbons (Fsp3) is 0.457. The van der Waals surface area contributed by atoms with Crippen molar-refractivity contribution in [1.82, 2.24) is 0 Å². The summed E-state index contributed by atoms with van der Waals surface area (Å²) in [7, 11) is 0. The third-order valence-corrected chi connectivity index (χ3v) is 11.2. The van der Waals surface area contributed by atoms with Crippen molar-refractivity contribution >= 4 is 23.1 Å². The summed E-state index contributed by atoms with van der Waals surface area (Å²) in [6.45, 7) is 9.18. The van der Waals surface area contributed by atoms with Crippen LogP contribution >= 0.6 is 0 Å². The zero-order valence-electron chi connectivity index (χ0n) is 25.3. The average molecular weight is 587 g/mol. The van der Waals surface area contributed by atoms with Crippen molar-refractivity contribution in [3.63, 3.8) is 0 Å². The number of aryl methyl sites for hydroxylation is 2. The summed E-state index contributed by atoms with van der Waals surface area (Å²) in [5.74, 6) is -7.11. The van der Waals surface area contributed by atoms with Crippen LogP contribution in [0.4, 0.5) is 0 Å². The molecule has 5 N–H and O–H groups in total. The summed E-state index contributed by atoms with van der Waals surface area (Å²) in [5, 5.41) is 59.4. The Labute approximate surface area is 250 Å². The van der Waals surface area contributed by atoms with Gasteiger partial charge in [-0.05, 0) is 60.3 Å². The lowest BCUT2D eigenvalue weighted by atomic mass is 9.40. The number of allylic oxidation sites excluding steroid dienone is 1. The highest BCUT2D eigenvalue weighted by Gasteiger charge is 2.77. The highest BCUT2D eigenvalue weighted by molar-refractivity contribution is 6.24. The highest BCUT2D eigenvalue weighted by atomic mass is 16.4. The van der Waals surface area contributed by atoms with Crippen LogP contribution < -0.4 is 0 Å². The van der Waals surface area contributed by atoms with Gasteiger partial charge in [0.05, 0.1) is 17.2 Å². The van der Waals surface area contributed by atoms with E-state index in [0.29, 0.717) is 11.1 Å². The molecule has 43 heavy (non-hydrogen) atoms. The van der Waals surface area contributed by atoms with Gasteiger partial charge in [-0.25, -0.2) is 0 Å². The molecular formula is C35H38O8. The SMILES string of the molecule is CC(=O)C1=C(O)[C@]2(O)C(=O)C3=C(O)c4c(ccc(-c5ccc6c(c5)CCC6)c4O)[C@@H](C)[C@]3(C)[C@@H](O)[C@]2(C)C(C(C)C)C1=O. The fourth-order valence-corrected chi connectivity index (χ4v) is 8.90. The number of carbonyl (C=O) groups is 3. The van der Waals surface area contributed by atoms with Crippen LogP contribution in [-0.2, 0) is 27.2 Å². The third-order valence-electron chi connectivity index (χ3n) is 11.2. The van der Waals surface area contributed by atoms with Gasteiger partial charge in [0.2, 0.25) is 5.78 Å². The van der Waals surface area contributed by atoms with Gasteiger partial charge in [-0.1, -0.05) is 65.0 Å². The molecule has 6 atom stereocenters. The van der Waals surface area contributed by atoms with E-state index in [2.05, 4.69) is 0 Å². The lowest BCUT2D eigenvalue weighted by Gasteiger charge is -2.63. The summed E-state index contributed by atoms with van der Waals surface area (Å²) in [4.78, 5) is 40.9. The van der Waals surface area contributed by atoms with Crippen molar-refractivity contribution in [3.8, 4) is 16.9 Å². The number of ketones is 3. The first-order chi connectivity index (χ1) is 20.1. The van der Waals surface area contributed by atoms with E-state index >= 15 is 0 Å². The largest absolute Gasteiger partial charge is 0.508 e. The van der Waals surface area contributed by atoms with Crippen molar-refractivity contribution in [2.45, 2.75) is 78.4 Å². The van der Waals surface area contributed by atoms with Gasteiger partial charge < -0.3 is 25.5 Å². The number of hydrogen-bond donors (Lipinski definition) is 5. The van der Waals surface area contributed by atoms with E-state index in [4.69, 9.17) is 0 Å². The third kappa shape index (κ3) is 3.31. The highest BCUT2D eigenvalue weighted by Crippen LogP contribution is 2.67. The maximum Gasteiger partial charge on any atom is 0.203 e. The molecule has 1 unspecified atom stereocenters. The Bertz CT molecular complexity index is 1710. The molecule has 0 spiro atoms. The maximum atomic E-state index is 14.6. The Morgan fingerprint density at radius 3 is 2.28 bits per heavy atom. The molecule has 0 aromatic heterocycles. The van der Waals surface area contributed by atoms with Crippen LogP contribution in [-0.4, -0.2) is 54.6 Å². The monoisotopic (exact) mass is 586 g/mol. The van der Waals surface area contributed by atoms with E-state index in [1.165, 1.54) is 18.1 Å². The average Bonchev–Trinajstić information content (AvgIpc) is 3.41. The molecule has 4 aliphatic carbocycles. The lowest BCUT2D eigenvalue weighted by molar-refractivity contribution is -0.215. The first-order valence-electron chi connectivity index (χ1n) is 14.9. The second-order valence-corrected chi connectivity index (χ2v) is 13.6. The first-order valence-corrected chi connectivity index (χ1v) is 14.9. The molecule has 0 heterocycles. The topological polar surface area (TPSA) is 152 Å². The molecule has 0 aliphatic heterocycles. The number of aliphatic hydroxyl groups excluding tert-OH is 3. The van der Waals surface area contributed by atoms with E-state index in [0.717, 1.165) is 31.7 Å². The van der Waals surface area contributed by atoms with Crippen LogP contribution in [0.2, 0.25) is 0 Å². The van der Waals surface area contributed by atoms with Crippen molar-refractivity contribution in [2.75, 3.05) is 0 Å². The number of fused-ring (bicyclic) bond motifs is 4. The zero-order chi connectivity index (χ0) is 31.5. The van der Waals surface area contributed by atoms with E-state index < -0.39 is 74.7 Å². The Kier molecular flexibility index (Phi) is 6.23. The summed E-state index contributed by atoms with van der Waals surface area (Å²) in [6, 6.07) is 9.48. The van der Waals surface area contributed by atoms with E-state index in [-0.39, 0.29) is 16.9 Å². The minimum Gasteiger partial charge on any atom is -0.508 e. The van der Waals surface area contributed by atoms with E-state index in [1.807, 2.05) is 18.2 Å². The predicted molar refractivity (Wildman–Crippen MR) is 159 cm³/mol. The van der Waals surface area contributed by atoms with Gasteiger partial charge in [0.1, 0.15) is 22.8 Å². The van der Waals surface area contributed by atoms with E-state index in [1.54, 1.807) is 39.8 Å². The number of hydrogen-bond acceptors (Lipinski definition) is 8. The number of Topliss-reactive ketones (excluding diaryl/α,β-unsaturated/α-hetero) is 3. The molecule has 8 nitrogen and oxygen atoms in total.